The highest BCUT2D eigenvalue weighted by Gasteiger charge is 2.36. The Bertz CT molecular complexity index is 754. The van der Waals surface area contributed by atoms with Crippen LogP contribution in [0.1, 0.15) is 35.7 Å². The molecule has 2 aromatic carbocycles. The molecule has 0 spiro atoms. The van der Waals surface area contributed by atoms with Crippen LogP contribution in [0, 0.1) is 16.0 Å². The summed E-state index contributed by atoms with van der Waals surface area (Å²) in [5, 5.41) is 10.6. The first kappa shape index (κ1) is 18.1. The lowest BCUT2D eigenvalue weighted by Crippen LogP contribution is -2.39. The molecule has 1 atom stereocenters. The van der Waals surface area contributed by atoms with E-state index in [0.29, 0.717) is 18.1 Å². The third kappa shape index (κ3) is 4.46. The first-order valence-corrected chi connectivity index (χ1v) is 8.64. The van der Waals surface area contributed by atoms with Gasteiger partial charge in [-0.15, -0.1) is 0 Å². The molecule has 1 saturated carbocycles. The van der Waals surface area contributed by atoms with Gasteiger partial charge in [0.05, 0.1) is 23.2 Å². The van der Waals surface area contributed by atoms with Crippen molar-refractivity contribution < 1.29 is 19.2 Å². The molecule has 0 bridgehead atoms. The predicted molar refractivity (Wildman–Crippen MR) is 95.7 cm³/mol. The van der Waals surface area contributed by atoms with E-state index >= 15 is 0 Å². The van der Waals surface area contributed by atoms with E-state index in [4.69, 9.17) is 9.47 Å². The van der Waals surface area contributed by atoms with Crippen molar-refractivity contribution in [2.75, 3.05) is 0 Å². The Morgan fingerprint density at radius 3 is 2.42 bits per heavy atom. The lowest BCUT2D eigenvalue weighted by atomic mass is 9.79. The molecule has 6 nitrogen and oxygen atoms in total. The number of benzene rings is 2. The van der Waals surface area contributed by atoms with Crippen molar-refractivity contribution in [1.29, 1.82) is 0 Å². The van der Waals surface area contributed by atoms with Crippen molar-refractivity contribution in [3.8, 4) is 0 Å². The van der Waals surface area contributed by atoms with Crippen molar-refractivity contribution >= 4 is 11.7 Å². The standard InChI is InChI=1S/C20H21NO5/c1-14(25-13-15-5-3-2-4-6-15)17-11-19(12-17)26-20(22)16-7-9-18(10-8-16)21(23)24/h2-10,14,17,19H,11-13H2,1H3. The molecule has 0 amide bonds. The van der Waals surface area contributed by atoms with Gasteiger partial charge in [0.1, 0.15) is 6.10 Å². The second kappa shape index (κ2) is 8.10. The van der Waals surface area contributed by atoms with E-state index in [1.54, 1.807) is 0 Å². The van der Waals surface area contributed by atoms with Crippen LogP contribution in [0.15, 0.2) is 54.6 Å². The molecule has 0 aromatic heterocycles. The lowest BCUT2D eigenvalue weighted by molar-refractivity contribution is -0.384. The Morgan fingerprint density at radius 2 is 1.81 bits per heavy atom. The molecule has 0 aliphatic heterocycles. The fourth-order valence-electron chi connectivity index (χ4n) is 2.96. The fraction of sp³-hybridized carbons (Fsp3) is 0.350. The summed E-state index contributed by atoms with van der Waals surface area (Å²) < 4.78 is 11.4. The minimum absolute atomic E-state index is 0.0466. The Hall–Kier alpha value is -2.73. The lowest BCUT2D eigenvalue weighted by Gasteiger charge is -2.38. The molecule has 0 saturated heterocycles. The molecule has 6 heteroatoms. The van der Waals surface area contributed by atoms with Gasteiger partial charge in [-0.2, -0.15) is 0 Å². The summed E-state index contributed by atoms with van der Waals surface area (Å²) >= 11 is 0. The number of rotatable bonds is 7. The van der Waals surface area contributed by atoms with E-state index in [-0.39, 0.29) is 17.9 Å². The average Bonchev–Trinajstić information content (AvgIpc) is 2.63. The van der Waals surface area contributed by atoms with Gasteiger partial charge in [-0.05, 0) is 43.4 Å². The van der Waals surface area contributed by atoms with E-state index < -0.39 is 10.9 Å². The molecular formula is C20H21NO5. The average molecular weight is 355 g/mol. The number of esters is 1. The van der Waals surface area contributed by atoms with Gasteiger partial charge in [-0.3, -0.25) is 10.1 Å². The molecule has 2 aromatic rings. The summed E-state index contributed by atoms with van der Waals surface area (Å²) in [5.74, 6) is -0.0745. The number of ether oxygens (including phenoxy) is 2. The van der Waals surface area contributed by atoms with Crippen molar-refractivity contribution in [1.82, 2.24) is 0 Å². The minimum Gasteiger partial charge on any atom is -0.459 e. The van der Waals surface area contributed by atoms with Crippen LogP contribution in [0.5, 0.6) is 0 Å². The Labute approximate surface area is 151 Å². The molecule has 3 rings (SSSR count). The summed E-state index contributed by atoms with van der Waals surface area (Å²) in [5.41, 5.74) is 1.42. The summed E-state index contributed by atoms with van der Waals surface area (Å²) in [6.45, 7) is 2.62. The maximum Gasteiger partial charge on any atom is 0.338 e. The van der Waals surface area contributed by atoms with Gasteiger partial charge in [0.25, 0.3) is 5.69 Å². The zero-order valence-corrected chi connectivity index (χ0v) is 14.5. The number of carbonyl (C=O) groups is 1. The summed E-state index contributed by atoms with van der Waals surface area (Å²) in [4.78, 5) is 22.2. The van der Waals surface area contributed by atoms with Crippen LogP contribution in [-0.4, -0.2) is 23.1 Å². The van der Waals surface area contributed by atoms with Gasteiger partial charge in [0.2, 0.25) is 0 Å². The minimum atomic E-state index is -0.498. The zero-order chi connectivity index (χ0) is 18.5. The first-order valence-electron chi connectivity index (χ1n) is 8.64. The van der Waals surface area contributed by atoms with E-state index in [1.807, 2.05) is 37.3 Å². The van der Waals surface area contributed by atoms with Gasteiger partial charge < -0.3 is 9.47 Å². The number of nitro benzene ring substituents is 1. The monoisotopic (exact) mass is 355 g/mol. The maximum atomic E-state index is 12.1. The Kier molecular flexibility index (Phi) is 5.63. The molecule has 1 aliphatic carbocycles. The SMILES string of the molecule is CC(OCc1ccccc1)C1CC(OC(=O)c2ccc([N+](=O)[O-])cc2)C1. The number of hydrogen-bond acceptors (Lipinski definition) is 5. The molecule has 136 valence electrons. The van der Waals surface area contributed by atoms with Crippen molar-refractivity contribution in [3.05, 3.63) is 75.8 Å². The molecule has 0 radical (unpaired) electrons. The van der Waals surface area contributed by atoms with E-state index in [0.717, 1.165) is 18.4 Å². The quantitative estimate of drug-likeness (QED) is 0.424. The number of non-ortho nitro benzene ring substituents is 1. The van der Waals surface area contributed by atoms with Gasteiger partial charge in [-0.1, -0.05) is 30.3 Å². The highest BCUT2D eigenvalue weighted by atomic mass is 16.6. The van der Waals surface area contributed by atoms with Crippen molar-refractivity contribution in [2.24, 2.45) is 5.92 Å². The molecule has 26 heavy (non-hydrogen) atoms. The molecular weight excluding hydrogens is 334 g/mol. The highest BCUT2D eigenvalue weighted by Crippen LogP contribution is 2.35. The first-order chi connectivity index (χ1) is 12.5. The number of carbonyl (C=O) groups excluding carboxylic acids is 1. The van der Waals surface area contributed by atoms with Gasteiger partial charge in [0.15, 0.2) is 0 Å². The maximum absolute atomic E-state index is 12.1. The van der Waals surface area contributed by atoms with E-state index in [1.165, 1.54) is 24.3 Å². The smallest absolute Gasteiger partial charge is 0.338 e. The summed E-state index contributed by atoms with van der Waals surface area (Å²) in [7, 11) is 0. The van der Waals surface area contributed by atoms with E-state index in [9.17, 15) is 14.9 Å². The predicted octanol–water partition coefficient (Wildman–Crippen LogP) is 4.14. The normalized spacial score (nSPS) is 20.0. The van der Waals surface area contributed by atoms with Crippen LogP contribution in [0.25, 0.3) is 0 Å². The molecule has 1 unspecified atom stereocenters. The van der Waals surface area contributed by atoms with Crippen LogP contribution in [0.4, 0.5) is 5.69 Å². The zero-order valence-electron chi connectivity index (χ0n) is 14.5. The third-order valence-electron chi connectivity index (χ3n) is 4.74. The van der Waals surface area contributed by atoms with Crippen LogP contribution in [-0.2, 0) is 16.1 Å². The topological polar surface area (TPSA) is 78.7 Å². The fourth-order valence-corrected chi connectivity index (χ4v) is 2.96. The Balaban J connectivity index is 1.41. The number of nitro groups is 1. The van der Waals surface area contributed by atoms with Crippen LogP contribution in [0.3, 0.4) is 0 Å². The van der Waals surface area contributed by atoms with Crippen LogP contribution in [0.2, 0.25) is 0 Å². The number of hydrogen-bond donors (Lipinski definition) is 0. The summed E-state index contributed by atoms with van der Waals surface area (Å²) in [6.07, 6.45) is 1.53. The Morgan fingerprint density at radius 1 is 1.15 bits per heavy atom. The van der Waals surface area contributed by atoms with Gasteiger partial charge >= 0.3 is 5.97 Å². The summed E-state index contributed by atoms with van der Waals surface area (Å²) in [6, 6.07) is 15.5. The van der Waals surface area contributed by atoms with Gasteiger partial charge in [-0.25, -0.2) is 4.79 Å². The molecule has 1 aliphatic rings. The van der Waals surface area contributed by atoms with Gasteiger partial charge in [0, 0.05) is 12.1 Å². The molecule has 1 fully saturated rings. The van der Waals surface area contributed by atoms with Crippen molar-refractivity contribution in [2.45, 2.75) is 38.6 Å². The van der Waals surface area contributed by atoms with Crippen LogP contribution >= 0.6 is 0 Å². The molecule has 0 heterocycles. The second-order valence-electron chi connectivity index (χ2n) is 6.56. The largest absolute Gasteiger partial charge is 0.459 e. The third-order valence-corrected chi connectivity index (χ3v) is 4.74. The number of nitrogens with zero attached hydrogens (tertiary/aromatic N) is 1. The van der Waals surface area contributed by atoms with Crippen LogP contribution < -0.4 is 0 Å². The second-order valence-corrected chi connectivity index (χ2v) is 6.56. The van der Waals surface area contributed by atoms with Crippen molar-refractivity contribution in [3.63, 3.8) is 0 Å². The highest BCUT2D eigenvalue weighted by molar-refractivity contribution is 5.89. The van der Waals surface area contributed by atoms with E-state index in [2.05, 4.69) is 0 Å². The molecule has 0 N–H and O–H groups in total.